The molecule has 1 saturated heterocycles. The fourth-order valence-corrected chi connectivity index (χ4v) is 2.14. The van der Waals surface area contributed by atoms with E-state index in [0.29, 0.717) is 32.7 Å². The molecule has 1 aliphatic rings. The first-order valence-corrected chi connectivity index (χ1v) is 7.92. The monoisotopic (exact) mass is 316 g/mol. The summed E-state index contributed by atoms with van der Waals surface area (Å²) in [6.07, 6.45) is 2.83. The molecule has 0 aromatic heterocycles. The van der Waals surface area contributed by atoms with Crippen molar-refractivity contribution < 1.29 is 23.8 Å². The molecule has 1 unspecified atom stereocenters. The molecule has 0 aromatic rings. The Kier molecular flexibility index (Phi) is 8.19. The van der Waals surface area contributed by atoms with E-state index in [4.69, 9.17) is 14.2 Å². The summed E-state index contributed by atoms with van der Waals surface area (Å²) in [6.45, 7) is 7.42. The lowest BCUT2D eigenvalue weighted by molar-refractivity contribution is -0.143. The zero-order valence-electron chi connectivity index (χ0n) is 13.8. The van der Waals surface area contributed by atoms with Crippen molar-refractivity contribution in [2.75, 3.05) is 26.3 Å². The highest BCUT2D eigenvalue weighted by Crippen LogP contribution is 2.21. The molecular formula is C15H28N2O5. The summed E-state index contributed by atoms with van der Waals surface area (Å²) in [5.74, 6) is -0.725. The molecule has 128 valence electrons. The van der Waals surface area contributed by atoms with E-state index in [9.17, 15) is 9.59 Å². The van der Waals surface area contributed by atoms with Crippen molar-refractivity contribution >= 4 is 12.0 Å². The summed E-state index contributed by atoms with van der Waals surface area (Å²) in [5, 5.41) is 5.54. The molecular weight excluding hydrogens is 288 g/mol. The zero-order chi connectivity index (χ0) is 16.4. The lowest BCUT2D eigenvalue weighted by Crippen LogP contribution is -2.41. The Balaban J connectivity index is 1.95. The minimum Gasteiger partial charge on any atom is -0.466 e. The molecule has 1 rings (SSSR count). The van der Waals surface area contributed by atoms with Crippen LogP contribution < -0.4 is 10.6 Å². The van der Waals surface area contributed by atoms with Crippen LogP contribution in [0.2, 0.25) is 0 Å². The number of rotatable bonds is 9. The van der Waals surface area contributed by atoms with Gasteiger partial charge in [0.25, 0.3) is 0 Å². The number of urea groups is 1. The Labute approximate surface area is 132 Å². The van der Waals surface area contributed by atoms with Gasteiger partial charge >= 0.3 is 12.0 Å². The Morgan fingerprint density at radius 2 is 2.00 bits per heavy atom. The smallest absolute Gasteiger partial charge is 0.314 e. The number of carbonyl (C=O) groups is 2. The van der Waals surface area contributed by atoms with Crippen LogP contribution in [0.5, 0.6) is 0 Å². The fraction of sp³-hybridized carbons (Fsp3) is 0.867. The van der Waals surface area contributed by atoms with Crippen LogP contribution >= 0.6 is 0 Å². The normalized spacial score (nSPS) is 19.7. The van der Waals surface area contributed by atoms with E-state index in [1.54, 1.807) is 6.92 Å². The minimum atomic E-state index is -0.568. The third kappa shape index (κ3) is 8.19. The van der Waals surface area contributed by atoms with Gasteiger partial charge in [0.05, 0.1) is 13.2 Å². The molecule has 0 saturated carbocycles. The van der Waals surface area contributed by atoms with E-state index in [1.807, 2.05) is 13.8 Å². The van der Waals surface area contributed by atoms with E-state index in [0.717, 1.165) is 19.3 Å². The number of amides is 2. The van der Waals surface area contributed by atoms with E-state index in [-0.39, 0.29) is 18.1 Å². The van der Waals surface area contributed by atoms with Crippen molar-refractivity contribution in [3.8, 4) is 0 Å². The van der Waals surface area contributed by atoms with Crippen molar-refractivity contribution in [2.45, 2.75) is 58.3 Å². The molecule has 2 amide bonds. The van der Waals surface area contributed by atoms with Gasteiger partial charge in [0.1, 0.15) is 6.10 Å². The first-order chi connectivity index (χ1) is 10.4. The van der Waals surface area contributed by atoms with Gasteiger partial charge in [-0.25, -0.2) is 4.79 Å². The topological polar surface area (TPSA) is 85.9 Å². The average molecular weight is 316 g/mol. The van der Waals surface area contributed by atoms with E-state index >= 15 is 0 Å². The van der Waals surface area contributed by atoms with Crippen LogP contribution in [-0.4, -0.2) is 50.2 Å². The molecule has 0 radical (unpaired) electrons. The van der Waals surface area contributed by atoms with Gasteiger partial charge < -0.3 is 24.8 Å². The van der Waals surface area contributed by atoms with Crippen molar-refractivity contribution in [1.29, 1.82) is 0 Å². The third-order valence-electron chi connectivity index (χ3n) is 3.21. The van der Waals surface area contributed by atoms with Gasteiger partial charge in [-0.3, -0.25) is 4.79 Å². The van der Waals surface area contributed by atoms with Gasteiger partial charge in [0.2, 0.25) is 0 Å². The average Bonchev–Trinajstić information content (AvgIpc) is 2.80. The lowest BCUT2D eigenvalue weighted by Gasteiger charge is -2.17. The first-order valence-electron chi connectivity index (χ1n) is 7.92. The summed E-state index contributed by atoms with van der Waals surface area (Å²) in [6, 6.07) is -0.210. The Hall–Kier alpha value is -1.34. The molecule has 0 bridgehead atoms. The molecule has 0 aromatic carbocycles. The second kappa shape index (κ2) is 9.63. The summed E-state index contributed by atoms with van der Waals surface area (Å²) in [5.41, 5.74) is 0. The maximum atomic E-state index is 11.6. The molecule has 1 atom stereocenters. The highest BCUT2D eigenvalue weighted by molar-refractivity contribution is 5.73. The molecule has 2 N–H and O–H groups in total. The second-order valence-electron chi connectivity index (χ2n) is 5.70. The molecule has 7 nitrogen and oxygen atoms in total. The van der Waals surface area contributed by atoms with E-state index < -0.39 is 5.79 Å². The van der Waals surface area contributed by atoms with Crippen molar-refractivity contribution in [3.05, 3.63) is 0 Å². The van der Waals surface area contributed by atoms with Crippen LogP contribution in [0.4, 0.5) is 4.79 Å². The van der Waals surface area contributed by atoms with Gasteiger partial charge in [-0.2, -0.15) is 0 Å². The first kappa shape index (κ1) is 18.7. The second-order valence-corrected chi connectivity index (χ2v) is 5.70. The predicted molar refractivity (Wildman–Crippen MR) is 81.4 cm³/mol. The lowest BCUT2D eigenvalue weighted by atomic mass is 10.2. The van der Waals surface area contributed by atoms with E-state index in [1.165, 1.54) is 0 Å². The largest absolute Gasteiger partial charge is 0.466 e. The van der Waals surface area contributed by atoms with Gasteiger partial charge in [-0.15, -0.1) is 0 Å². The number of ether oxygens (including phenoxy) is 3. The van der Waals surface area contributed by atoms with Gasteiger partial charge in [-0.05, 0) is 33.6 Å². The van der Waals surface area contributed by atoms with Crippen LogP contribution in [0.25, 0.3) is 0 Å². The van der Waals surface area contributed by atoms with Gasteiger partial charge in [0, 0.05) is 19.5 Å². The summed E-state index contributed by atoms with van der Waals surface area (Å²) >= 11 is 0. The minimum absolute atomic E-state index is 0.106. The Morgan fingerprint density at radius 3 is 2.64 bits per heavy atom. The molecule has 7 heteroatoms. The van der Waals surface area contributed by atoms with Crippen molar-refractivity contribution in [1.82, 2.24) is 10.6 Å². The standard InChI is InChI=1S/C15H28N2O5/c1-4-20-13(18)8-6-5-7-9-16-14(19)17-10-12-11-21-15(2,3)22-12/h12H,4-11H2,1-3H3,(H2,16,17,19). The molecule has 0 spiro atoms. The zero-order valence-corrected chi connectivity index (χ0v) is 13.8. The predicted octanol–water partition coefficient (Wildman–Crippen LogP) is 1.56. The van der Waals surface area contributed by atoms with Gasteiger partial charge in [0.15, 0.2) is 5.79 Å². The SMILES string of the molecule is CCOC(=O)CCCCCNC(=O)NCC1COC(C)(C)O1. The summed E-state index contributed by atoms with van der Waals surface area (Å²) in [7, 11) is 0. The van der Waals surface area contributed by atoms with Crippen LogP contribution in [0.1, 0.15) is 46.5 Å². The van der Waals surface area contributed by atoms with Crippen LogP contribution in [0.15, 0.2) is 0 Å². The maximum Gasteiger partial charge on any atom is 0.314 e. The quantitative estimate of drug-likeness (QED) is 0.498. The molecule has 1 fully saturated rings. The molecule has 22 heavy (non-hydrogen) atoms. The number of unbranched alkanes of at least 4 members (excludes halogenated alkanes) is 2. The van der Waals surface area contributed by atoms with Gasteiger partial charge in [-0.1, -0.05) is 6.42 Å². The van der Waals surface area contributed by atoms with Crippen molar-refractivity contribution in [3.63, 3.8) is 0 Å². The number of hydrogen-bond acceptors (Lipinski definition) is 5. The third-order valence-corrected chi connectivity index (χ3v) is 3.21. The highest BCUT2D eigenvalue weighted by Gasteiger charge is 2.32. The van der Waals surface area contributed by atoms with E-state index in [2.05, 4.69) is 10.6 Å². The molecule has 1 heterocycles. The van der Waals surface area contributed by atoms with Crippen LogP contribution in [-0.2, 0) is 19.0 Å². The number of esters is 1. The Bertz CT molecular complexity index is 360. The van der Waals surface area contributed by atoms with Crippen LogP contribution in [0.3, 0.4) is 0 Å². The van der Waals surface area contributed by atoms with Crippen LogP contribution in [0, 0.1) is 0 Å². The highest BCUT2D eigenvalue weighted by atomic mass is 16.7. The molecule has 1 aliphatic heterocycles. The van der Waals surface area contributed by atoms with Crippen molar-refractivity contribution in [2.24, 2.45) is 0 Å². The summed E-state index contributed by atoms with van der Waals surface area (Å²) in [4.78, 5) is 22.7. The number of nitrogens with one attached hydrogen (secondary N) is 2. The fourth-order valence-electron chi connectivity index (χ4n) is 2.14. The Morgan fingerprint density at radius 1 is 1.23 bits per heavy atom. The maximum absolute atomic E-state index is 11.6. The summed E-state index contributed by atoms with van der Waals surface area (Å²) < 4.78 is 15.8. The number of carbonyl (C=O) groups excluding carboxylic acids is 2. The molecule has 0 aliphatic carbocycles. The number of hydrogen-bond donors (Lipinski definition) is 2.